The molecule has 1 aliphatic rings. The van der Waals surface area contributed by atoms with Gasteiger partial charge in [-0.1, -0.05) is 49.0 Å². The molecule has 0 unspecified atom stereocenters. The van der Waals surface area contributed by atoms with Crippen LogP contribution < -0.4 is 0 Å². The van der Waals surface area contributed by atoms with E-state index in [-0.39, 0.29) is 11.0 Å². The molecular weight excluding hydrogens is 240 g/mol. The lowest BCUT2D eigenvalue weighted by Gasteiger charge is -2.25. The maximum Gasteiger partial charge on any atom is 0.191 e. The summed E-state index contributed by atoms with van der Waals surface area (Å²) >= 11 is 1.70. The molecule has 2 heteroatoms. The highest BCUT2D eigenvalue weighted by atomic mass is 32.2. The minimum Gasteiger partial charge on any atom is -0.289 e. The second-order valence-corrected chi connectivity index (χ2v) is 5.41. The van der Waals surface area contributed by atoms with Crippen LogP contribution in [0.4, 0.5) is 0 Å². The summed E-state index contributed by atoms with van der Waals surface area (Å²) in [4.78, 5) is 13.3. The zero-order valence-corrected chi connectivity index (χ0v) is 10.6. The molecule has 0 aliphatic carbocycles. The van der Waals surface area contributed by atoms with E-state index >= 15 is 0 Å². The van der Waals surface area contributed by atoms with Crippen molar-refractivity contribution in [1.29, 1.82) is 0 Å². The predicted molar refractivity (Wildman–Crippen MR) is 75.0 cm³/mol. The Morgan fingerprint density at radius 1 is 0.944 bits per heavy atom. The third kappa shape index (κ3) is 1.79. The molecule has 2 aromatic rings. The molecule has 0 N–H and O–H groups in total. The highest BCUT2D eigenvalue weighted by Crippen LogP contribution is 2.46. The quantitative estimate of drug-likeness (QED) is 0.705. The molecular formula is C16H12OS. The SMILES string of the molecule is C=C1C(=O)c2ccccc2S[C@H]1c1ccccc1. The normalized spacial score (nSPS) is 18.6. The lowest BCUT2D eigenvalue weighted by atomic mass is 9.97. The van der Waals surface area contributed by atoms with E-state index in [9.17, 15) is 4.79 Å². The molecule has 3 rings (SSSR count). The largest absolute Gasteiger partial charge is 0.289 e. The van der Waals surface area contributed by atoms with Crippen LogP contribution in [0.3, 0.4) is 0 Å². The van der Waals surface area contributed by atoms with Crippen molar-refractivity contribution in [3.63, 3.8) is 0 Å². The van der Waals surface area contributed by atoms with Crippen molar-refractivity contribution < 1.29 is 4.79 Å². The smallest absolute Gasteiger partial charge is 0.191 e. The standard InChI is InChI=1S/C16H12OS/c1-11-15(17)13-9-5-6-10-14(13)18-16(11)12-7-3-2-4-8-12/h2-10,16H,1H2/t16-/m1/s1. The van der Waals surface area contributed by atoms with Crippen molar-refractivity contribution in [3.8, 4) is 0 Å². The number of Topliss-reactive ketones (excluding diaryl/α,β-unsaturated/α-hetero) is 1. The van der Waals surface area contributed by atoms with Gasteiger partial charge in [-0.2, -0.15) is 0 Å². The first-order valence-corrected chi connectivity index (χ1v) is 6.69. The first-order chi connectivity index (χ1) is 8.77. The summed E-state index contributed by atoms with van der Waals surface area (Å²) in [5.74, 6) is 0.0678. The van der Waals surface area contributed by atoms with Crippen LogP contribution in [0.1, 0.15) is 21.2 Å². The van der Waals surface area contributed by atoms with Crippen LogP contribution in [0.25, 0.3) is 0 Å². The molecule has 88 valence electrons. The fourth-order valence-electron chi connectivity index (χ4n) is 2.14. The van der Waals surface area contributed by atoms with Gasteiger partial charge in [0.1, 0.15) is 0 Å². The van der Waals surface area contributed by atoms with Crippen LogP contribution in [0.15, 0.2) is 71.6 Å². The summed E-state index contributed by atoms with van der Waals surface area (Å²) in [6.45, 7) is 3.98. The number of ketones is 1. The average Bonchev–Trinajstić information content (AvgIpc) is 2.44. The number of hydrogen-bond acceptors (Lipinski definition) is 2. The Kier molecular flexibility index (Phi) is 2.80. The highest BCUT2D eigenvalue weighted by Gasteiger charge is 2.30. The number of rotatable bonds is 1. The van der Waals surface area contributed by atoms with Crippen molar-refractivity contribution in [2.75, 3.05) is 0 Å². The third-order valence-electron chi connectivity index (χ3n) is 3.09. The number of carbonyl (C=O) groups is 1. The van der Waals surface area contributed by atoms with E-state index in [2.05, 4.69) is 6.58 Å². The van der Waals surface area contributed by atoms with E-state index in [4.69, 9.17) is 0 Å². The number of thioether (sulfide) groups is 1. The Balaban J connectivity index is 2.07. The topological polar surface area (TPSA) is 17.1 Å². The molecule has 1 atom stereocenters. The molecule has 1 heterocycles. The zero-order chi connectivity index (χ0) is 12.5. The van der Waals surface area contributed by atoms with Crippen molar-refractivity contribution in [2.24, 2.45) is 0 Å². The summed E-state index contributed by atoms with van der Waals surface area (Å²) in [5, 5.41) is 0.0357. The van der Waals surface area contributed by atoms with Gasteiger partial charge in [0, 0.05) is 16.0 Å². The van der Waals surface area contributed by atoms with Crippen molar-refractivity contribution in [1.82, 2.24) is 0 Å². The Morgan fingerprint density at radius 2 is 1.61 bits per heavy atom. The third-order valence-corrected chi connectivity index (χ3v) is 4.49. The molecule has 0 radical (unpaired) electrons. The highest BCUT2D eigenvalue weighted by molar-refractivity contribution is 8.00. The van der Waals surface area contributed by atoms with Gasteiger partial charge in [-0.3, -0.25) is 4.79 Å². The van der Waals surface area contributed by atoms with Crippen molar-refractivity contribution in [3.05, 3.63) is 77.9 Å². The number of fused-ring (bicyclic) bond motifs is 1. The average molecular weight is 252 g/mol. The summed E-state index contributed by atoms with van der Waals surface area (Å²) < 4.78 is 0. The Bertz CT molecular complexity index is 616. The number of carbonyl (C=O) groups excluding carboxylic acids is 1. The van der Waals surface area contributed by atoms with Gasteiger partial charge in [0.25, 0.3) is 0 Å². The molecule has 1 nitrogen and oxygen atoms in total. The van der Waals surface area contributed by atoms with Crippen LogP contribution in [-0.2, 0) is 0 Å². The van der Waals surface area contributed by atoms with Gasteiger partial charge in [0.2, 0.25) is 0 Å². The molecule has 0 aromatic heterocycles. The van der Waals surface area contributed by atoms with E-state index < -0.39 is 0 Å². The van der Waals surface area contributed by atoms with Crippen molar-refractivity contribution >= 4 is 17.5 Å². The molecule has 0 saturated heterocycles. The summed E-state index contributed by atoms with van der Waals surface area (Å²) in [5.41, 5.74) is 2.58. The second-order valence-electron chi connectivity index (χ2n) is 4.26. The van der Waals surface area contributed by atoms with Gasteiger partial charge in [-0.25, -0.2) is 0 Å². The van der Waals surface area contributed by atoms with Gasteiger partial charge in [0.05, 0.1) is 5.25 Å². The molecule has 1 aliphatic heterocycles. The summed E-state index contributed by atoms with van der Waals surface area (Å²) in [6.07, 6.45) is 0. The number of hydrogen-bond donors (Lipinski definition) is 0. The summed E-state index contributed by atoms with van der Waals surface area (Å²) in [6, 6.07) is 17.8. The Morgan fingerprint density at radius 3 is 2.39 bits per heavy atom. The fourth-order valence-corrected chi connectivity index (χ4v) is 3.39. The molecule has 0 saturated carbocycles. The first-order valence-electron chi connectivity index (χ1n) is 5.81. The molecule has 2 aromatic carbocycles. The number of benzene rings is 2. The van der Waals surface area contributed by atoms with Gasteiger partial charge < -0.3 is 0 Å². The lowest BCUT2D eigenvalue weighted by Crippen LogP contribution is -2.15. The fraction of sp³-hybridized carbons (Fsp3) is 0.0625. The van der Waals surface area contributed by atoms with E-state index in [1.807, 2.05) is 54.6 Å². The molecule has 18 heavy (non-hydrogen) atoms. The van der Waals surface area contributed by atoms with Crippen molar-refractivity contribution in [2.45, 2.75) is 10.1 Å². The van der Waals surface area contributed by atoms with E-state index in [1.54, 1.807) is 11.8 Å². The first kappa shape index (κ1) is 11.3. The molecule has 0 bridgehead atoms. The van der Waals surface area contributed by atoms with Gasteiger partial charge in [0.15, 0.2) is 5.78 Å². The Labute approximate surface area is 111 Å². The van der Waals surface area contributed by atoms with E-state index in [1.165, 1.54) is 0 Å². The van der Waals surface area contributed by atoms with Gasteiger partial charge >= 0.3 is 0 Å². The second kappa shape index (κ2) is 4.46. The monoisotopic (exact) mass is 252 g/mol. The predicted octanol–water partition coefficient (Wildman–Crippen LogP) is 4.27. The maximum absolute atomic E-state index is 12.3. The Hall–Kier alpha value is -1.80. The van der Waals surface area contributed by atoms with Crippen LogP contribution in [0, 0.1) is 0 Å². The molecule has 0 amide bonds. The lowest BCUT2D eigenvalue weighted by molar-refractivity contribution is 0.102. The minimum atomic E-state index is 0.0357. The van der Waals surface area contributed by atoms with Crippen LogP contribution >= 0.6 is 11.8 Å². The zero-order valence-electron chi connectivity index (χ0n) is 9.80. The van der Waals surface area contributed by atoms with Crippen LogP contribution in [-0.4, -0.2) is 5.78 Å². The van der Waals surface area contributed by atoms with Gasteiger partial charge in [-0.15, -0.1) is 11.8 Å². The van der Waals surface area contributed by atoms with Gasteiger partial charge in [-0.05, 0) is 17.7 Å². The molecule has 0 fully saturated rings. The molecule has 0 spiro atoms. The van der Waals surface area contributed by atoms with E-state index in [0.717, 1.165) is 16.0 Å². The minimum absolute atomic E-state index is 0.0357. The summed E-state index contributed by atoms with van der Waals surface area (Å²) in [7, 11) is 0. The van der Waals surface area contributed by atoms with Crippen LogP contribution in [0.5, 0.6) is 0 Å². The van der Waals surface area contributed by atoms with Crippen LogP contribution in [0.2, 0.25) is 0 Å². The maximum atomic E-state index is 12.3. The van der Waals surface area contributed by atoms with E-state index in [0.29, 0.717) is 5.57 Å².